The van der Waals surface area contributed by atoms with Crippen molar-refractivity contribution in [2.45, 2.75) is 13.0 Å². The van der Waals surface area contributed by atoms with E-state index in [-0.39, 0.29) is 11.7 Å². The van der Waals surface area contributed by atoms with Gasteiger partial charge in [-0.1, -0.05) is 0 Å². The van der Waals surface area contributed by atoms with E-state index in [0.717, 1.165) is 0 Å². The number of rotatable bonds is 4. The first kappa shape index (κ1) is 11.8. The highest BCUT2D eigenvalue weighted by molar-refractivity contribution is 7.84. The Morgan fingerprint density at radius 3 is 3.12 bits per heavy atom. The minimum Gasteiger partial charge on any atom is -0.367 e. The number of anilines is 1. The number of fused-ring (bicyclic) bond motifs is 1. The Hall–Kier alpha value is -1.70. The minimum absolute atomic E-state index is 0.0430. The molecule has 7 nitrogen and oxygen atoms in total. The molecule has 2 rings (SSSR count). The van der Waals surface area contributed by atoms with Crippen LogP contribution in [0, 0.1) is 0 Å². The number of aromatic nitrogens is 4. The Kier molecular flexibility index (Phi) is 3.23. The van der Waals surface area contributed by atoms with Crippen LogP contribution in [0.3, 0.4) is 0 Å². The van der Waals surface area contributed by atoms with E-state index in [4.69, 9.17) is 0 Å². The molecule has 0 radical (unpaired) electrons. The molecule has 92 valence electrons. The Morgan fingerprint density at radius 1 is 1.65 bits per heavy atom. The van der Waals surface area contributed by atoms with E-state index in [1.54, 1.807) is 12.3 Å². The summed E-state index contributed by atoms with van der Waals surface area (Å²) >= 11 is 0. The van der Waals surface area contributed by atoms with Crippen LogP contribution >= 0.6 is 0 Å². The molecule has 0 bridgehead atoms. The van der Waals surface area contributed by atoms with Gasteiger partial charge in [-0.25, -0.2) is 19.3 Å². The molecule has 0 saturated heterocycles. The molecule has 0 saturated carbocycles. The van der Waals surface area contributed by atoms with E-state index in [2.05, 4.69) is 20.5 Å². The molecule has 0 aliphatic carbocycles. The Labute approximate surface area is 99.7 Å². The molecule has 2 N–H and O–H groups in total. The SMILES string of the molecule is CC(CS(C)=O)Nc1cc2n[nH]c(=O)n2cn1. The van der Waals surface area contributed by atoms with Gasteiger partial charge in [0.2, 0.25) is 0 Å². The molecule has 2 atom stereocenters. The van der Waals surface area contributed by atoms with Gasteiger partial charge in [0.15, 0.2) is 5.65 Å². The molecule has 2 heterocycles. The third-order valence-corrected chi connectivity index (χ3v) is 3.16. The van der Waals surface area contributed by atoms with Crippen molar-refractivity contribution in [2.75, 3.05) is 17.3 Å². The van der Waals surface area contributed by atoms with E-state index < -0.39 is 10.8 Å². The second-order valence-corrected chi connectivity index (χ2v) is 5.30. The molecule has 17 heavy (non-hydrogen) atoms. The zero-order valence-corrected chi connectivity index (χ0v) is 10.3. The fourth-order valence-electron chi connectivity index (χ4n) is 1.53. The molecule has 0 amide bonds. The monoisotopic (exact) mass is 255 g/mol. The Morgan fingerprint density at radius 2 is 2.41 bits per heavy atom. The van der Waals surface area contributed by atoms with Gasteiger partial charge in [0, 0.05) is 34.9 Å². The van der Waals surface area contributed by atoms with Crippen LogP contribution in [0.5, 0.6) is 0 Å². The van der Waals surface area contributed by atoms with Crippen molar-refractivity contribution < 1.29 is 4.21 Å². The number of H-pyrrole nitrogens is 1. The highest BCUT2D eigenvalue weighted by Gasteiger charge is 2.07. The van der Waals surface area contributed by atoms with Crippen molar-refractivity contribution in [3.63, 3.8) is 0 Å². The summed E-state index contributed by atoms with van der Waals surface area (Å²) in [4.78, 5) is 15.3. The second kappa shape index (κ2) is 4.66. The molecule has 0 aromatic carbocycles. The summed E-state index contributed by atoms with van der Waals surface area (Å²) in [6.07, 6.45) is 3.06. The van der Waals surface area contributed by atoms with Crippen molar-refractivity contribution in [3.05, 3.63) is 22.9 Å². The third-order valence-electron chi connectivity index (χ3n) is 2.19. The van der Waals surface area contributed by atoms with Crippen LogP contribution < -0.4 is 11.0 Å². The maximum Gasteiger partial charge on any atom is 0.348 e. The molecule has 0 aliphatic rings. The zero-order valence-electron chi connectivity index (χ0n) is 9.51. The van der Waals surface area contributed by atoms with Crippen molar-refractivity contribution in [1.29, 1.82) is 0 Å². The van der Waals surface area contributed by atoms with Crippen molar-refractivity contribution in [1.82, 2.24) is 19.6 Å². The van der Waals surface area contributed by atoms with E-state index in [0.29, 0.717) is 17.2 Å². The average molecular weight is 255 g/mol. The summed E-state index contributed by atoms with van der Waals surface area (Å²) in [5, 5.41) is 9.26. The van der Waals surface area contributed by atoms with Gasteiger partial charge in [-0.05, 0) is 6.92 Å². The quantitative estimate of drug-likeness (QED) is 0.775. The van der Waals surface area contributed by atoms with E-state index in [1.165, 1.54) is 10.7 Å². The fraction of sp³-hybridized carbons (Fsp3) is 0.444. The lowest BCUT2D eigenvalue weighted by Gasteiger charge is -2.12. The summed E-state index contributed by atoms with van der Waals surface area (Å²) in [7, 11) is -0.860. The van der Waals surface area contributed by atoms with Gasteiger partial charge in [0.1, 0.15) is 12.1 Å². The molecular weight excluding hydrogens is 242 g/mol. The predicted octanol–water partition coefficient (Wildman–Crippen LogP) is -0.403. The number of nitrogens with zero attached hydrogens (tertiary/aromatic N) is 3. The van der Waals surface area contributed by atoms with Crippen LogP contribution in [0.15, 0.2) is 17.2 Å². The first-order valence-electron chi connectivity index (χ1n) is 5.05. The molecule has 2 aromatic rings. The first-order chi connectivity index (χ1) is 8.06. The van der Waals surface area contributed by atoms with E-state index >= 15 is 0 Å². The molecule has 0 spiro atoms. The fourth-order valence-corrected chi connectivity index (χ4v) is 2.32. The summed E-state index contributed by atoms with van der Waals surface area (Å²) < 4.78 is 12.4. The standard InChI is InChI=1S/C9H13N5O2S/c1-6(4-17(2)16)11-7-3-8-12-13-9(15)14(8)5-10-7/h3,5-6,11H,4H2,1-2H3,(H,13,15). The Balaban J connectivity index is 2.19. The number of aromatic amines is 1. The predicted molar refractivity (Wildman–Crippen MR) is 65.6 cm³/mol. The van der Waals surface area contributed by atoms with Crippen LogP contribution in [-0.4, -0.2) is 41.8 Å². The van der Waals surface area contributed by atoms with Gasteiger partial charge >= 0.3 is 5.69 Å². The summed E-state index contributed by atoms with van der Waals surface area (Å²) in [6, 6.07) is 1.70. The van der Waals surface area contributed by atoms with Crippen molar-refractivity contribution in [3.8, 4) is 0 Å². The summed E-state index contributed by atoms with van der Waals surface area (Å²) in [6.45, 7) is 1.92. The van der Waals surface area contributed by atoms with Crippen molar-refractivity contribution >= 4 is 22.3 Å². The summed E-state index contributed by atoms with van der Waals surface area (Å²) in [5.74, 6) is 1.15. The highest BCUT2D eigenvalue weighted by atomic mass is 32.2. The van der Waals surface area contributed by atoms with Crippen LogP contribution in [-0.2, 0) is 10.8 Å². The summed E-state index contributed by atoms with van der Waals surface area (Å²) in [5.41, 5.74) is 0.180. The molecule has 0 aliphatic heterocycles. The number of nitrogens with one attached hydrogen (secondary N) is 2. The molecule has 2 aromatic heterocycles. The Bertz CT molecular complexity index is 605. The lowest BCUT2D eigenvalue weighted by atomic mass is 10.4. The van der Waals surface area contributed by atoms with Gasteiger partial charge in [0.05, 0.1) is 0 Å². The highest BCUT2D eigenvalue weighted by Crippen LogP contribution is 2.06. The lowest BCUT2D eigenvalue weighted by molar-refractivity contribution is 0.683. The number of hydrogen-bond acceptors (Lipinski definition) is 5. The first-order valence-corrected chi connectivity index (χ1v) is 6.78. The van der Waals surface area contributed by atoms with Crippen LogP contribution in [0.25, 0.3) is 5.65 Å². The molecule has 2 unspecified atom stereocenters. The minimum atomic E-state index is -0.860. The maximum absolute atomic E-state index is 11.2. The third kappa shape index (κ3) is 2.70. The smallest absolute Gasteiger partial charge is 0.348 e. The van der Waals surface area contributed by atoms with Crippen molar-refractivity contribution in [2.24, 2.45) is 0 Å². The number of hydrogen-bond donors (Lipinski definition) is 2. The molecule has 8 heteroatoms. The average Bonchev–Trinajstić information content (AvgIpc) is 2.58. The van der Waals surface area contributed by atoms with Gasteiger partial charge in [0.25, 0.3) is 0 Å². The molecular formula is C9H13N5O2S. The van der Waals surface area contributed by atoms with Gasteiger partial charge in [-0.3, -0.25) is 4.21 Å². The lowest BCUT2D eigenvalue weighted by Crippen LogP contribution is -2.23. The largest absolute Gasteiger partial charge is 0.367 e. The zero-order chi connectivity index (χ0) is 12.4. The van der Waals surface area contributed by atoms with Gasteiger partial charge in [-0.2, -0.15) is 5.10 Å². The van der Waals surface area contributed by atoms with E-state index in [1.807, 2.05) is 6.92 Å². The van der Waals surface area contributed by atoms with E-state index in [9.17, 15) is 9.00 Å². The molecule has 0 fully saturated rings. The normalized spacial score (nSPS) is 14.7. The van der Waals surface area contributed by atoms with Gasteiger partial charge < -0.3 is 5.32 Å². The maximum atomic E-state index is 11.2. The van der Waals surface area contributed by atoms with Crippen LogP contribution in [0.1, 0.15) is 6.92 Å². The topological polar surface area (TPSA) is 92.1 Å². The van der Waals surface area contributed by atoms with Crippen LogP contribution in [0.2, 0.25) is 0 Å². The second-order valence-electron chi connectivity index (χ2n) is 3.82. The van der Waals surface area contributed by atoms with Crippen LogP contribution in [0.4, 0.5) is 5.82 Å². The van der Waals surface area contributed by atoms with Gasteiger partial charge in [-0.15, -0.1) is 0 Å².